The first-order valence-corrected chi connectivity index (χ1v) is 9.30. The monoisotopic (exact) mass is 422 g/mol. The van der Waals surface area contributed by atoms with Gasteiger partial charge in [0.15, 0.2) is 17.5 Å². The number of piperidine rings is 1. The van der Waals surface area contributed by atoms with Crippen LogP contribution in [0.3, 0.4) is 0 Å². The van der Waals surface area contributed by atoms with Crippen LogP contribution in [-0.4, -0.2) is 50.1 Å². The van der Waals surface area contributed by atoms with Gasteiger partial charge in [0.25, 0.3) is 11.8 Å². The number of carbonyl (C=O) groups excluding carboxylic acids is 2. The maximum Gasteiger partial charge on any atom is 0.256 e. The number of rotatable bonds is 5. The number of ether oxygens (including phenoxy) is 2. The molecule has 30 heavy (non-hydrogen) atoms. The van der Waals surface area contributed by atoms with E-state index in [2.05, 4.69) is 5.32 Å². The topological polar surface area (TPSA) is 67.9 Å². The van der Waals surface area contributed by atoms with Crippen LogP contribution in [0.5, 0.6) is 11.5 Å². The van der Waals surface area contributed by atoms with E-state index in [9.17, 15) is 22.8 Å². The normalized spacial score (nSPS) is 14.4. The van der Waals surface area contributed by atoms with Gasteiger partial charge in [0.05, 0.1) is 19.8 Å². The number of methoxy groups -OCH3 is 2. The van der Waals surface area contributed by atoms with Crippen LogP contribution in [-0.2, 0) is 0 Å². The molecular formula is C21H21F3N2O4. The second-order valence-electron chi connectivity index (χ2n) is 6.86. The predicted octanol–water partition coefficient (Wildman–Crippen LogP) is 3.16. The molecule has 0 radical (unpaired) electrons. The van der Waals surface area contributed by atoms with Gasteiger partial charge in [-0.25, -0.2) is 13.2 Å². The Hall–Kier alpha value is -3.23. The van der Waals surface area contributed by atoms with E-state index in [1.807, 2.05) is 0 Å². The highest BCUT2D eigenvalue weighted by molar-refractivity contribution is 5.96. The van der Waals surface area contributed by atoms with E-state index in [1.165, 1.54) is 19.1 Å². The number of nitrogens with one attached hydrogen (secondary N) is 1. The molecule has 2 amide bonds. The number of hydrogen-bond donors (Lipinski definition) is 1. The Morgan fingerprint density at radius 2 is 1.57 bits per heavy atom. The van der Waals surface area contributed by atoms with Crippen LogP contribution in [0.1, 0.15) is 33.6 Å². The van der Waals surface area contributed by atoms with Gasteiger partial charge in [-0.05, 0) is 37.1 Å². The maximum absolute atomic E-state index is 13.9. The molecule has 0 spiro atoms. The summed E-state index contributed by atoms with van der Waals surface area (Å²) in [5, 5.41) is 2.89. The number of benzene rings is 2. The van der Waals surface area contributed by atoms with E-state index in [0.29, 0.717) is 29.9 Å². The van der Waals surface area contributed by atoms with E-state index in [1.54, 1.807) is 18.2 Å². The molecule has 0 unspecified atom stereocenters. The highest BCUT2D eigenvalue weighted by Gasteiger charge is 2.28. The first-order chi connectivity index (χ1) is 14.3. The molecular weight excluding hydrogens is 401 g/mol. The van der Waals surface area contributed by atoms with Gasteiger partial charge >= 0.3 is 0 Å². The zero-order valence-corrected chi connectivity index (χ0v) is 16.5. The predicted molar refractivity (Wildman–Crippen MR) is 102 cm³/mol. The van der Waals surface area contributed by atoms with Crippen LogP contribution in [0, 0.1) is 17.5 Å². The fourth-order valence-electron chi connectivity index (χ4n) is 3.30. The minimum absolute atomic E-state index is 0.200. The van der Waals surface area contributed by atoms with Crippen molar-refractivity contribution < 1.29 is 32.2 Å². The van der Waals surface area contributed by atoms with E-state index >= 15 is 0 Å². The second kappa shape index (κ2) is 9.06. The molecule has 1 aliphatic rings. The average molecular weight is 422 g/mol. The molecule has 1 saturated heterocycles. The number of nitrogens with zero attached hydrogens (tertiary/aromatic N) is 1. The summed E-state index contributed by atoms with van der Waals surface area (Å²) < 4.78 is 50.7. The number of hydrogen-bond acceptors (Lipinski definition) is 4. The van der Waals surface area contributed by atoms with Crippen LogP contribution in [0.25, 0.3) is 0 Å². The maximum atomic E-state index is 13.9. The van der Waals surface area contributed by atoms with E-state index in [0.717, 1.165) is 12.1 Å². The molecule has 2 aromatic rings. The van der Waals surface area contributed by atoms with Crippen molar-refractivity contribution in [2.75, 3.05) is 27.3 Å². The lowest BCUT2D eigenvalue weighted by Crippen LogP contribution is -2.46. The third kappa shape index (κ3) is 4.50. The molecule has 0 aliphatic carbocycles. The standard InChI is InChI=1S/C21H21F3N2O4/c1-29-14-9-12(10-15(11-14)30-2)20(27)25-13-5-7-26(8-6-13)21(28)16-3-4-17(22)19(24)18(16)23/h3-4,9-11,13H,5-8H2,1-2H3,(H,25,27). The van der Waals surface area contributed by atoms with Gasteiger partial charge in [-0.2, -0.15) is 0 Å². The second-order valence-corrected chi connectivity index (χ2v) is 6.86. The first kappa shape index (κ1) is 21.5. The highest BCUT2D eigenvalue weighted by atomic mass is 19.2. The van der Waals surface area contributed by atoms with Crippen molar-refractivity contribution in [2.24, 2.45) is 0 Å². The van der Waals surface area contributed by atoms with E-state index < -0.39 is 28.9 Å². The smallest absolute Gasteiger partial charge is 0.256 e. The molecule has 160 valence electrons. The Morgan fingerprint density at radius 3 is 2.13 bits per heavy atom. The molecule has 0 bridgehead atoms. The van der Waals surface area contributed by atoms with Crippen LogP contribution in [0.2, 0.25) is 0 Å². The lowest BCUT2D eigenvalue weighted by Gasteiger charge is -2.32. The largest absolute Gasteiger partial charge is 0.497 e. The van der Waals surface area contributed by atoms with Gasteiger partial charge in [-0.1, -0.05) is 0 Å². The molecule has 1 N–H and O–H groups in total. The Bertz CT molecular complexity index is 937. The molecule has 9 heteroatoms. The minimum Gasteiger partial charge on any atom is -0.497 e. The third-order valence-electron chi connectivity index (χ3n) is 5.00. The van der Waals surface area contributed by atoms with Gasteiger partial charge < -0.3 is 19.7 Å². The zero-order valence-electron chi connectivity index (χ0n) is 16.5. The Balaban J connectivity index is 1.61. The SMILES string of the molecule is COc1cc(OC)cc(C(=O)NC2CCN(C(=O)c3ccc(F)c(F)c3F)CC2)c1. The number of halogens is 3. The highest BCUT2D eigenvalue weighted by Crippen LogP contribution is 2.23. The Labute approximate surface area is 171 Å². The lowest BCUT2D eigenvalue weighted by atomic mass is 10.0. The van der Waals surface area contributed by atoms with Crippen molar-refractivity contribution in [1.29, 1.82) is 0 Å². The van der Waals surface area contributed by atoms with Crippen molar-refractivity contribution in [3.63, 3.8) is 0 Å². The number of likely N-dealkylation sites (tertiary alicyclic amines) is 1. The summed E-state index contributed by atoms with van der Waals surface area (Å²) in [5.41, 5.74) is -0.145. The fourth-order valence-corrected chi connectivity index (χ4v) is 3.30. The summed E-state index contributed by atoms with van der Waals surface area (Å²) in [6.45, 7) is 0.479. The van der Waals surface area contributed by atoms with Crippen molar-refractivity contribution in [2.45, 2.75) is 18.9 Å². The first-order valence-electron chi connectivity index (χ1n) is 9.30. The average Bonchev–Trinajstić information content (AvgIpc) is 2.77. The molecule has 0 atom stereocenters. The van der Waals surface area contributed by atoms with Gasteiger partial charge in [0, 0.05) is 30.8 Å². The fraction of sp³-hybridized carbons (Fsp3) is 0.333. The van der Waals surface area contributed by atoms with Crippen molar-refractivity contribution in [3.05, 3.63) is 58.9 Å². The molecule has 3 rings (SSSR count). The molecule has 0 saturated carbocycles. The van der Waals surface area contributed by atoms with Crippen LogP contribution < -0.4 is 14.8 Å². The van der Waals surface area contributed by atoms with Gasteiger partial charge in [0.1, 0.15) is 11.5 Å². The molecule has 1 aliphatic heterocycles. The van der Waals surface area contributed by atoms with Gasteiger partial charge in [-0.15, -0.1) is 0 Å². The summed E-state index contributed by atoms with van der Waals surface area (Å²) in [5.74, 6) is -4.59. The van der Waals surface area contributed by atoms with Crippen LogP contribution in [0.4, 0.5) is 13.2 Å². The lowest BCUT2D eigenvalue weighted by molar-refractivity contribution is 0.0692. The van der Waals surface area contributed by atoms with Crippen molar-refractivity contribution in [3.8, 4) is 11.5 Å². The number of amides is 2. The Kier molecular flexibility index (Phi) is 6.49. The Morgan fingerprint density at radius 1 is 0.967 bits per heavy atom. The summed E-state index contributed by atoms with van der Waals surface area (Å²) >= 11 is 0. The van der Waals surface area contributed by atoms with E-state index in [4.69, 9.17) is 9.47 Å². The minimum atomic E-state index is -1.67. The number of carbonyl (C=O) groups is 2. The summed E-state index contributed by atoms with van der Waals surface area (Å²) in [6.07, 6.45) is 0.869. The third-order valence-corrected chi connectivity index (χ3v) is 5.00. The van der Waals surface area contributed by atoms with Crippen molar-refractivity contribution in [1.82, 2.24) is 10.2 Å². The summed E-state index contributed by atoms with van der Waals surface area (Å²) in [7, 11) is 2.97. The van der Waals surface area contributed by atoms with Crippen LogP contribution in [0.15, 0.2) is 30.3 Å². The molecule has 1 heterocycles. The molecule has 0 aromatic heterocycles. The molecule has 2 aromatic carbocycles. The quantitative estimate of drug-likeness (QED) is 0.752. The molecule has 1 fully saturated rings. The summed E-state index contributed by atoms with van der Waals surface area (Å²) in [6, 6.07) is 6.28. The van der Waals surface area contributed by atoms with Crippen molar-refractivity contribution >= 4 is 11.8 Å². The molecule has 6 nitrogen and oxygen atoms in total. The zero-order chi connectivity index (χ0) is 21.8. The summed E-state index contributed by atoms with van der Waals surface area (Å²) in [4.78, 5) is 26.4. The van der Waals surface area contributed by atoms with Gasteiger partial charge in [0.2, 0.25) is 0 Å². The van der Waals surface area contributed by atoms with E-state index in [-0.39, 0.29) is 25.0 Å². The van der Waals surface area contributed by atoms with Crippen LogP contribution >= 0.6 is 0 Å². The van der Waals surface area contributed by atoms with Gasteiger partial charge in [-0.3, -0.25) is 9.59 Å².